The van der Waals surface area contributed by atoms with Crippen molar-refractivity contribution in [3.8, 4) is 0 Å². The molecule has 4 saturated carbocycles. The second-order valence-electron chi connectivity index (χ2n) is 7.44. The highest BCUT2D eigenvalue weighted by molar-refractivity contribution is 5.65. The Morgan fingerprint density at radius 2 is 2.00 bits per heavy atom. The fourth-order valence-corrected chi connectivity index (χ4v) is 5.36. The predicted molar refractivity (Wildman–Crippen MR) is 76.2 cm³/mol. The maximum atomic E-state index is 12.2. The molecule has 0 spiro atoms. The Labute approximate surface area is 125 Å². The zero-order chi connectivity index (χ0) is 14.9. The van der Waals surface area contributed by atoms with E-state index < -0.39 is 5.60 Å². The molecule has 4 fully saturated rings. The van der Waals surface area contributed by atoms with Crippen LogP contribution in [0.5, 0.6) is 0 Å². The molecule has 2 unspecified atom stereocenters. The molecule has 4 atom stereocenters. The standard InChI is InChI=1S/C14H17N5O3/c20-12-11(15-9-10(16-12)19-22-18-9)17-13-2-7-1-8(3-13)5-14(21,4-7)6-13/h7-8,21H,1-6H2,(H,15,17,18)(H,16,19,20)/t7-,8+,13?,14?. The van der Waals surface area contributed by atoms with Crippen molar-refractivity contribution < 1.29 is 9.74 Å². The van der Waals surface area contributed by atoms with Crippen LogP contribution in [0.3, 0.4) is 0 Å². The number of aromatic amines is 1. The summed E-state index contributed by atoms with van der Waals surface area (Å²) in [5, 5.41) is 21.4. The van der Waals surface area contributed by atoms with Gasteiger partial charge in [0, 0.05) is 5.54 Å². The van der Waals surface area contributed by atoms with E-state index in [2.05, 4.69) is 30.2 Å². The minimum absolute atomic E-state index is 0.232. The monoisotopic (exact) mass is 303 g/mol. The van der Waals surface area contributed by atoms with Crippen LogP contribution in [0.15, 0.2) is 9.42 Å². The molecule has 2 aromatic heterocycles. The van der Waals surface area contributed by atoms with Gasteiger partial charge in [0.15, 0.2) is 5.82 Å². The van der Waals surface area contributed by atoms with Crippen LogP contribution < -0.4 is 10.9 Å². The third kappa shape index (κ3) is 1.73. The van der Waals surface area contributed by atoms with E-state index in [0.717, 1.165) is 25.7 Å². The highest BCUT2D eigenvalue weighted by Crippen LogP contribution is 2.58. The average Bonchev–Trinajstić information content (AvgIpc) is 2.82. The van der Waals surface area contributed by atoms with Crippen LogP contribution in [-0.4, -0.2) is 36.5 Å². The fourth-order valence-electron chi connectivity index (χ4n) is 5.36. The number of rotatable bonds is 2. The van der Waals surface area contributed by atoms with Gasteiger partial charge in [-0.1, -0.05) is 0 Å². The van der Waals surface area contributed by atoms with Gasteiger partial charge in [-0.25, -0.2) is 4.63 Å². The lowest BCUT2D eigenvalue weighted by molar-refractivity contribution is -0.127. The van der Waals surface area contributed by atoms with Crippen LogP contribution >= 0.6 is 0 Å². The maximum Gasteiger partial charge on any atom is 0.292 e. The second-order valence-corrected chi connectivity index (χ2v) is 7.44. The number of aromatic nitrogens is 4. The number of anilines is 1. The van der Waals surface area contributed by atoms with Crippen molar-refractivity contribution >= 4 is 17.1 Å². The van der Waals surface area contributed by atoms with Gasteiger partial charge in [0.1, 0.15) is 0 Å². The molecular formula is C14H17N5O3. The Balaban J connectivity index is 1.54. The van der Waals surface area contributed by atoms with E-state index in [1.165, 1.54) is 6.42 Å². The van der Waals surface area contributed by atoms with Crippen LogP contribution in [0.25, 0.3) is 11.3 Å². The summed E-state index contributed by atoms with van der Waals surface area (Å²) in [6.45, 7) is 0. The van der Waals surface area contributed by atoms with Gasteiger partial charge in [-0.05, 0) is 60.7 Å². The van der Waals surface area contributed by atoms with Crippen LogP contribution in [0.2, 0.25) is 0 Å². The largest absolute Gasteiger partial charge is 0.390 e. The van der Waals surface area contributed by atoms with Crippen LogP contribution in [0.1, 0.15) is 38.5 Å². The lowest BCUT2D eigenvalue weighted by Crippen LogP contribution is -2.62. The molecule has 8 heteroatoms. The molecule has 116 valence electrons. The summed E-state index contributed by atoms with van der Waals surface area (Å²) in [6.07, 6.45) is 5.64. The molecule has 0 aromatic carbocycles. The molecule has 2 heterocycles. The quantitative estimate of drug-likeness (QED) is 0.751. The van der Waals surface area contributed by atoms with Gasteiger partial charge in [0.2, 0.25) is 11.3 Å². The first-order valence-electron chi connectivity index (χ1n) is 7.76. The molecule has 0 saturated heterocycles. The van der Waals surface area contributed by atoms with E-state index in [1.807, 2.05) is 0 Å². The lowest BCUT2D eigenvalue weighted by atomic mass is 9.51. The first-order valence-corrected chi connectivity index (χ1v) is 7.76. The van der Waals surface area contributed by atoms with E-state index in [0.29, 0.717) is 18.3 Å². The first kappa shape index (κ1) is 12.6. The minimum Gasteiger partial charge on any atom is -0.390 e. The Morgan fingerprint density at radius 3 is 2.73 bits per heavy atom. The molecule has 4 aliphatic rings. The molecule has 6 rings (SSSR count). The number of H-pyrrole nitrogens is 1. The number of nitrogens with zero attached hydrogens (tertiary/aromatic N) is 3. The van der Waals surface area contributed by atoms with Crippen LogP contribution in [0, 0.1) is 11.8 Å². The maximum absolute atomic E-state index is 12.2. The second kappa shape index (κ2) is 3.87. The molecule has 3 N–H and O–H groups in total. The summed E-state index contributed by atoms with van der Waals surface area (Å²) in [4.78, 5) is 19.0. The Morgan fingerprint density at radius 1 is 1.23 bits per heavy atom. The number of aliphatic hydroxyl groups is 1. The molecular weight excluding hydrogens is 286 g/mol. The summed E-state index contributed by atoms with van der Waals surface area (Å²) in [7, 11) is 0. The van der Waals surface area contributed by atoms with E-state index in [9.17, 15) is 9.90 Å². The van der Waals surface area contributed by atoms with E-state index >= 15 is 0 Å². The summed E-state index contributed by atoms with van der Waals surface area (Å²) in [5.41, 5.74) is -0.608. The zero-order valence-corrected chi connectivity index (χ0v) is 12.0. The molecule has 8 nitrogen and oxygen atoms in total. The van der Waals surface area contributed by atoms with E-state index in [1.54, 1.807) is 0 Å². The minimum atomic E-state index is -0.580. The topological polar surface area (TPSA) is 117 Å². The first-order chi connectivity index (χ1) is 10.5. The SMILES string of the molecule is O=c1[nH]c2nonc2nc1NC12C[C@@H]3C[C@@H](CC(O)(C3)C1)C2. The van der Waals surface area contributed by atoms with Crippen LogP contribution in [0.4, 0.5) is 5.82 Å². The molecule has 0 radical (unpaired) electrons. The third-order valence-electron chi connectivity index (χ3n) is 5.55. The van der Waals surface area contributed by atoms with Gasteiger partial charge < -0.3 is 10.4 Å². The number of hydrogen-bond acceptors (Lipinski definition) is 7. The molecule has 0 amide bonds. The van der Waals surface area contributed by atoms with Gasteiger partial charge >= 0.3 is 0 Å². The summed E-state index contributed by atoms with van der Waals surface area (Å²) < 4.78 is 4.58. The van der Waals surface area contributed by atoms with E-state index in [-0.39, 0.29) is 28.2 Å². The highest BCUT2D eigenvalue weighted by atomic mass is 16.6. The lowest BCUT2D eigenvalue weighted by Gasteiger charge is -2.60. The normalized spacial score (nSPS) is 39.5. The average molecular weight is 303 g/mol. The summed E-state index contributed by atoms with van der Waals surface area (Å²) in [6, 6.07) is 0. The number of nitrogens with one attached hydrogen (secondary N) is 2. The van der Waals surface area contributed by atoms with Crippen molar-refractivity contribution in [2.75, 3.05) is 5.32 Å². The summed E-state index contributed by atoms with van der Waals surface area (Å²) in [5.74, 6) is 1.32. The van der Waals surface area contributed by atoms with Gasteiger partial charge in [-0.2, -0.15) is 4.98 Å². The van der Waals surface area contributed by atoms with Gasteiger partial charge in [0.25, 0.3) is 5.56 Å². The van der Waals surface area contributed by atoms with Crippen molar-refractivity contribution in [1.82, 2.24) is 20.3 Å². The van der Waals surface area contributed by atoms with Crippen molar-refractivity contribution in [2.24, 2.45) is 11.8 Å². The van der Waals surface area contributed by atoms with Crippen molar-refractivity contribution in [2.45, 2.75) is 49.7 Å². The van der Waals surface area contributed by atoms with Gasteiger partial charge in [0.05, 0.1) is 5.60 Å². The highest BCUT2D eigenvalue weighted by Gasteiger charge is 2.57. The molecule has 4 bridgehead atoms. The summed E-state index contributed by atoms with van der Waals surface area (Å²) >= 11 is 0. The van der Waals surface area contributed by atoms with Crippen molar-refractivity contribution in [3.63, 3.8) is 0 Å². The Hall–Kier alpha value is -1.96. The fraction of sp³-hybridized carbons (Fsp3) is 0.714. The molecule has 4 aliphatic carbocycles. The third-order valence-corrected chi connectivity index (χ3v) is 5.55. The molecule has 2 aromatic rings. The molecule has 0 aliphatic heterocycles. The van der Waals surface area contributed by atoms with Crippen molar-refractivity contribution in [3.05, 3.63) is 10.4 Å². The zero-order valence-electron chi connectivity index (χ0n) is 12.0. The van der Waals surface area contributed by atoms with Gasteiger partial charge in [-0.15, -0.1) is 0 Å². The smallest absolute Gasteiger partial charge is 0.292 e. The molecule has 22 heavy (non-hydrogen) atoms. The Bertz CT molecular complexity index is 798. The number of hydrogen-bond donors (Lipinski definition) is 3. The van der Waals surface area contributed by atoms with Crippen molar-refractivity contribution in [1.29, 1.82) is 0 Å². The number of fused-ring (bicyclic) bond motifs is 1. The predicted octanol–water partition coefficient (Wildman–Crippen LogP) is 0.802. The van der Waals surface area contributed by atoms with E-state index in [4.69, 9.17) is 0 Å². The van der Waals surface area contributed by atoms with Crippen LogP contribution in [-0.2, 0) is 0 Å². The Kier molecular flexibility index (Phi) is 2.21. The van der Waals surface area contributed by atoms with Gasteiger partial charge in [-0.3, -0.25) is 9.78 Å².